The first-order valence-corrected chi connectivity index (χ1v) is 9.03. The van der Waals surface area contributed by atoms with Crippen molar-refractivity contribution in [3.63, 3.8) is 0 Å². The lowest BCUT2D eigenvalue weighted by molar-refractivity contribution is 0.102. The highest BCUT2D eigenvalue weighted by Crippen LogP contribution is 2.26. The quantitative estimate of drug-likeness (QED) is 0.433. The Bertz CT molecular complexity index is 1270. The molecule has 0 radical (unpaired) electrons. The second-order valence-electron chi connectivity index (χ2n) is 6.54. The van der Waals surface area contributed by atoms with Crippen LogP contribution in [-0.2, 0) is 0 Å². The molecule has 134 valence electrons. The van der Waals surface area contributed by atoms with Crippen LogP contribution in [0.1, 0.15) is 10.4 Å². The lowest BCUT2D eigenvalue weighted by Gasteiger charge is -2.08. The van der Waals surface area contributed by atoms with E-state index in [2.05, 4.69) is 10.3 Å². The molecule has 4 aromatic carbocycles. The number of hydrogen-bond donors (Lipinski definition) is 1. The van der Waals surface area contributed by atoms with Gasteiger partial charge in [-0.25, -0.2) is 4.98 Å². The van der Waals surface area contributed by atoms with E-state index in [1.54, 1.807) is 0 Å². The molecule has 5 rings (SSSR count). The van der Waals surface area contributed by atoms with Crippen LogP contribution in [0.3, 0.4) is 0 Å². The first-order chi connectivity index (χ1) is 13.8. The number of amides is 1. The molecule has 4 heteroatoms. The normalized spacial score (nSPS) is 11.0. The van der Waals surface area contributed by atoms with Crippen molar-refractivity contribution in [3.8, 4) is 11.5 Å². The zero-order valence-electron chi connectivity index (χ0n) is 14.9. The van der Waals surface area contributed by atoms with E-state index in [1.165, 1.54) is 0 Å². The third-order valence-corrected chi connectivity index (χ3v) is 4.72. The molecule has 28 heavy (non-hydrogen) atoms. The van der Waals surface area contributed by atoms with Crippen LogP contribution < -0.4 is 5.32 Å². The largest absolute Gasteiger partial charge is 0.436 e. The Morgan fingerprint density at radius 2 is 1.54 bits per heavy atom. The van der Waals surface area contributed by atoms with Gasteiger partial charge in [-0.05, 0) is 53.2 Å². The highest BCUT2D eigenvalue weighted by Gasteiger charge is 2.11. The molecule has 1 amide bonds. The van der Waals surface area contributed by atoms with Crippen LogP contribution in [0.2, 0.25) is 0 Å². The summed E-state index contributed by atoms with van der Waals surface area (Å²) in [6, 6.07) is 28.8. The molecule has 5 aromatic rings. The molecule has 0 aliphatic carbocycles. The van der Waals surface area contributed by atoms with E-state index in [9.17, 15) is 4.79 Å². The van der Waals surface area contributed by atoms with Crippen molar-refractivity contribution in [1.82, 2.24) is 4.98 Å². The van der Waals surface area contributed by atoms with Crippen LogP contribution in [0.25, 0.3) is 33.3 Å². The summed E-state index contributed by atoms with van der Waals surface area (Å²) >= 11 is 0. The Labute approximate surface area is 161 Å². The number of benzene rings is 4. The molecular weight excluding hydrogens is 348 g/mol. The Kier molecular flexibility index (Phi) is 3.87. The Morgan fingerprint density at radius 3 is 2.39 bits per heavy atom. The summed E-state index contributed by atoms with van der Waals surface area (Å²) in [6.07, 6.45) is 0. The number of carbonyl (C=O) groups excluding carboxylic acids is 1. The summed E-state index contributed by atoms with van der Waals surface area (Å²) < 4.78 is 5.79. The summed E-state index contributed by atoms with van der Waals surface area (Å²) in [6.45, 7) is 0. The fourth-order valence-electron chi connectivity index (χ4n) is 3.31. The lowest BCUT2D eigenvalue weighted by atomic mass is 10.0. The van der Waals surface area contributed by atoms with Gasteiger partial charge in [0.05, 0.1) is 0 Å². The molecule has 0 aliphatic rings. The molecule has 0 bridgehead atoms. The highest BCUT2D eigenvalue weighted by molar-refractivity contribution is 6.12. The van der Waals surface area contributed by atoms with Crippen LogP contribution in [0.15, 0.2) is 95.4 Å². The van der Waals surface area contributed by atoms with Crippen molar-refractivity contribution >= 4 is 33.5 Å². The van der Waals surface area contributed by atoms with E-state index in [0.29, 0.717) is 11.5 Å². The average molecular weight is 364 g/mol. The Hall–Kier alpha value is -3.92. The van der Waals surface area contributed by atoms with E-state index in [-0.39, 0.29) is 5.91 Å². The number of oxazole rings is 1. The number of fused-ring (bicyclic) bond motifs is 2. The van der Waals surface area contributed by atoms with E-state index in [1.807, 2.05) is 91.0 Å². The second-order valence-corrected chi connectivity index (χ2v) is 6.54. The first-order valence-electron chi connectivity index (χ1n) is 9.03. The van der Waals surface area contributed by atoms with Gasteiger partial charge in [0.1, 0.15) is 5.52 Å². The summed E-state index contributed by atoms with van der Waals surface area (Å²) in [7, 11) is 0. The molecule has 0 unspecified atom stereocenters. The molecule has 0 fully saturated rings. The Balaban J connectivity index is 1.40. The summed E-state index contributed by atoms with van der Waals surface area (Å²) in [5.74, 6) is 0.430. The molecule has 1 N–H and O–H groups in total. The van der Waals surface area contributed by atoms with Crippen molar-refractivity contribution < 1.29 is 9.21 Å². The zero-order chi connectivity index (χ0) is 18.9. The lowest BCUT2D eigenvalue weighted by Crippen LogP contribution is -2.12. The predicted octanol–water partition coefficient (Wildman–Crippen LogP) is 5.90. The minimum atomic E-state index is -0.133. The van der Waals surface area contributed by atoms with E-state index in [0.717, 1.165) is 33.1 Å². The van der Waals surface area contributed by atoms with Crippen molar-refractivity contribution in [3.05, 3.63) is 96.6 Å². The fourth-order valence-corrected chi connectivity index (χ4v) is 3.31. The predicted molar refractivity (Wildman–Crippen MR) is 111 cm³/mol. The topological polar surface area (TPSA) is 55.1 Å². The maximum absolute atomic E-state index is 12.8. The molecule has 0 saturated carbocycles. The number of anilines is 1. The number of carbonyl (C=O) groups is 1. The maximum Gasteiger partial charge on any atom is 0.256 e. The van der Waals surface area contributed by atoms with E-state index >= 15 is 0 Å². The molecule has 1 aromatic heterocycles. The van der Waals surface area contributed by atoms with Crippen molar-refractivity contribution in [1.29, 1.82) is 0 Å². The third-order valence-electron chi connectivity index (χ3n) is 4.72. The molecular formula is C24H16N2O2. The molecule has 0 aliphatic heterocycles. The van der Waals surface area contributed by atoms with Gasteiger partial charge in [-0.3, -0.25) is 4.79 Å². The monoisotopic (exact) mass is 364 g/mol. The zero-order valence-corrected chi connectivity index (χ0v) is 14.9. The van der Waals surface area contributed by atoms with Gasteiger partial charge in [-0.2, -0.15) is 0 Å². The minimum absolute atomic E-state index is 0.133. The van der Waals surface area contributed by atoms with Gasteiger partial charge in [0.2, 0.25) is 5.89 Å². The molecule has 1 heterocycles. The number of nitrogens with one attached hydrogen (secondary N) is 1. The number of hydrogen-bond acceptors (Lipinski definition) is 3. The van der Waals surface area contributed by atoms with Crippen LogP contribution in [0.5, 0.6) is 0 Å². The standard InChI is InChI=1S/C24H16N2O2/c27-23(20-9-5-7-16-6-1-2-8-19(16)20)25-18-14-12-17(13-15-18)24-26-21-10-3-4-11-22(21)28-24/h1-15H,(H,25,27). The van der Waals surface area contributed by atoms with Crippen molar-refractivity contribution in [2.24, 2.45) is 0 Å². The second kappa shape index (κ2) is 6.67. The fraction of sp³-hybridized carbons (Fsp3) is 0. The van der Waals surface area contributed by atoms with Gasteiger partial charge < -0.3 is 9.73 Å². The first kappa shape index (κ1) is 16.3. The van der Waals surface area contributed by atoms with Gasteiger partial charge in [0, 0.05) is 16.8 Å². The third kappa shape index (κ3) is 2.91. The SMILES string of the molecule is O=C(Nc1ccc(-c2nc3ccccc3o2)cc1)c1cccc2ccccc12. The van der Waals surface area contributed by atoms with Gasteiger partial charge >= 0.3 is 0 Å². The van der Waals surface area contributed by atoms with Gasteiger partial charge in [-0.1, -0.05) is 48.5 Å². The summed E-state index contributed by atoms with van der Waals surface area (Å²) in [5, 5.41) is 4.94. The molecule has 0 atom stereocenters. The van der Waals surface area contributed by atoms with Gasteiger partial charge in [0.25, 0.3) is 5.91 Å². The van der Waals surface area contributed by atoms with Crippen LogP contribution in [0, 0.1) is 0 Å². The van der Waals surface area contributed by atoms with Crippen LogP contribution >= 0.6 is 0 Å². The molecule has 0 spiro atoms. The molecule has 4 nitrogen and oxygen atoms in total. The number of rotatable bonds is 3. The van der Waals surface area contributed by atoms with Crippen molar-refractivity contribution in [2.45, 2.75) is 0 Å². The number of nitrogens with zero attached hydrogens (tertiary/aromatic N) is 1. The van der Waals surface area contributed by atoms with E-state index in [4.69, 9.17) is 4.42 Å². The van der Waals surface area contributed by atoms with Gasteiger partial charge in [-0.15, -0.1) is 0 Å². The minimum Gasteiger partial charge on any atom is -0.436 e. The average Bonchev–Trinajstić information content (AvgIpc) is 3.18. The number of aromatic nitrogens is 1. The highest BCUT2D eigenvalue weighted by atomic mass is 16.3. The molecule has 0 saturated heterocycles. The van der Waals surface area contributed by atoms with E-state index < -0.39 is 0 Å². The summed E-state index contributed by atoms with van der Waals surface area (Å²) in [5.41, 5.74) is 3.81. The van der Waals surface area contributed by atoms with Crippen molar-refractivity contribution in [2.75, 3.05) is 5.32 Å². The summed E-state index contributed by atoms with van der Waals surface area (Å²) in [4.78, 5) is 17.3. The van der Waals surface area contributed by atoms with Crippen LogP contribution in [0.4, 0.5) is 5.69 Å². The Morgan fingerprint density at radius 1 is 0.786 bits per heavy atom. The number of para-hydroxylation sites is 2. The van der Waals surface area contributed by atoms with Crippen LogP contribution in [-0.4, -0.2) is 10.9 Å². The smallest absolute Gasteiger partial charge is 0.256 e. The van der Waals surface area contributed by atoms with Gasteiger partial charge in [0.15, 0.2) is 5.58 Å². The maximum atomic E-state index is 12.8.